The average Bonchev–Trinajstić information content (AvgIpc) is 2.57. The molecular formula is C11H16N2. The third-order valence-corrected chi connectivity index (χ3v) is 2.43. The number of rotatable bonds is 2. The number of benzene rings is 1. The maximum absolute atomic E-state index is 3.33. The minimum absolute atomic E-state index is 1.04. The number of nitrogens with one attached hydrogen (secondary N) is 1. The number of hydrogen-bond acceptors (Lipinski definition) is 2. The highest BCUT2D eigenvalue weighted by Gasteiger charge is 2.10. The van der Waals surface area contributed by atoms with E-state index in [2.05, 4.69) is 41.4 Å². The zero-order valence-corrected chi connectivity index (χ0v) is 8.09. The first kappa shape index (κ1) is 8.73. The van der Waals surface area contributed by atoms with Gasteiger partial charge in [-0.2, -0.15) is 0 Å². The molecule has 2 nitrogen and oxygen atoms in total. The van der Waals surface area contributed by atoms with Crippen molar-refractivity contribution in [3.05, 3.63) is 35.4 Å². The van der Waals surface area contributed by atoms with E-state index in [1.54, 1.807) is 0 Å². The smallest absolute Gasteiger partial charge is 0.0484 e. The third kappa shape index (κ3) is 2.29. The Balaban J connectivity index is 2.00. The Morgan fingerprint density at radius 3 is 3.08 bits per heavy atom. The molecule has 0 radical (unpaired) electrons. The Morgan fingerprint density at radius 1 is 1.46 bits per heavy atom. The highest BCUT2D eigenvalue weighted by atomic mass is 15.3. The van der Waals surface area contributed by atoms with Gasteiger partial charge in [-0.1, -0.05) is 29.8 Å². The molecule has 0 bridgehead atoms. The van der Waals surface area contributed by atoms with Crippen LogP contribution < -0.4 is 5.32 Å². The molecule has 0 aromatic heterocycles. The van der Waals surface area contributed by atoms with E-state index in [1.807, 2.05) is 0 Å². The molecule has 13 heavy (non-hydrogen) atoms. The van der Waals surface area contributed by atoms with Gasteiger partial charge in [-0.05, 0) is 12.5 Å². The number of aryl methyl sites for hydroxylation is 1. The van der Waals surface area contributed by atoms with Crippen LogP contribution in [0.1, 0.15) is 11.1 Å². The largest absolute Gasteiger partial charge is 0.303 e. The van der Waals surface area contributed by atoms with Crippen LogP contribution in [0.3, 0.4) is 0 Å². The van der Waals surface area contributed by atoms with Gasteiger partial charge in [0.2, 0.25) is 0 Å². The van der Waals surface area contributed by atoms with Crippen molar-refractivity contribution in [3.8, 4) is 0 Å². The summed E-state index contributed by atoms with van der Waals surface area (Å²) in [6.45, 7) is 6.56. The first-order valence-electron chi connectivity index (χ1n) is 4.83. The SMILES string of the molecule is Cc1cccc(CN2CCNC2)c1. The third-order valence-electron chi connectivity index (χ3n) is 2.43. The molecule has 0 aliphatic carbocycles. The molecule has 0 atom stereocenters. The molecule has 1 fully saturated rings. The van der Waals surface area contributed by atoms with Crippen LogP contribution in [0.2, 0.25) is 0 Å². The van der Waals surface area contributed by atoms with Gasteiger partial charge in [-0.25, -0.2) is 0 Å². The fraction of sp³-hybridized carbons (Fsp3) is 0.455. The van der Waals surface area contributed by atoms with Gasteiger partial charge in [0.25, 0.3) is 0 Å². The summed E-state index contributed by atoms with van der Waals surface area (Å²) >= 11 is 0. The number of nitrogens with zero attached hydrogens (tertiary/aromatic N) is 1. The molecule has 1 saturated heterocycles. The average molecular weight is 176 g/mol. The van der Waals surface area contributed by atoms with Gasteiger partial charge in [0.15, 0.2) is 0 Å². The fourth-order valence-electron chi connectivity index (χ4n) is 1.76. The van der Waals surface area contributed by atoms with Crippen molar-refractivity contribution in [2.75, 3.05) is 19.8 Å². The highest BCUT2D eigenvalue weighted by molar-refractivity contribution is 5.22. The van der Waals surface area contributed by atoms with Crippen molar-refractivity contribution in [2.24, 2.45) is 0 Å². The van der Waals surface area contributed by atoms with Crippen molar-refractivity contribution in [2.45, 2.75) is 13.5 Å². The fourth-order valence-corrected chi connectivity index (χ4v) is 1.76. The zero-order chi connectivity index (χ0) is 9.10. The maximum Gasteiger partial charge on any atom is 0.0484 e. The predicted octanol–water partition coefficient (Wildman–Crippen LogP) is 1.36. The highest BCUT2D eigenvalue weighted by Crippen LogP contribution is 2.07. The first-order chi connectivity index (χ1) is 6.34. The van der Waals surface area contributed by atoms with Crippen LogP contribution in [0.25, 0.3) is 0 Å². The summed E-state index contributed by atoms with van der Waals surface area (Å²) in [6, 6.07) is 8.74. The van der Waals surface area contributed by atoms with Gasteiger partial charge in [-0.3, -0.25) is 4.90 Å². The van der Waals surface area contributed by atoms with E-state index >= 15 is 0 Å². The Morgan fingerprint density at radius 2 is 2.38 bits per heavy atom. The topological polar surface area (TPSA) is 15.3 Å². The van der Waals surface area contributed by atoms with Gasteiger partial charge in [0.1, 0.15) is 0 Å². The monoisotopic (exact) mass is 176 g/mol. The van der Waals surface area contributed by atoms with E-state index in [0.717, 1.165) is 19.8 Å². The van der Waals surface area contributed by atoms with Gasteiger partial charge >= 0.3 is 0 Å². The van der Waals surface area contributed by atoms with Gasteiger partial charge in [-0.15, -0.1) is 0 Å². The van der Waals surface area contributed by atoms with E-state index in [0.29, 0.717) is 0 Å². The van der Waals surface area contributed by atoms with E-state index in [-0.39, 0.29) is 0 Å². The molecule has 0 unspecified atom stereocenters. The van der Waals surface area contributed by atoms with Crippen molar-refractivity contribution < 1.29 is 0 Å². The Bertz CT molecular complexity index is 277. The van der Waals surface area contributed by atoms with E-state index in [4.69, 9.17) is 0 Å². The van der Waals surface area contributed by atoms with Crippen molar-refractivity contribution in [1.82, 2.24) is 10.2 Å². The second kappa shape index (κ2) is 3.90. The standard InChI is InChI=1S/C11H16N2/c1-10-3-2-4-11(7-10)8-13-6-5-12-9-13/h2-4,7,12H,5-6,8-9H2,1H3. The van der Waals surface area contributed by atoms with Crippen LogP contribution in [0, 0.1) is 6.92 Å². The molecule has 0 spiro atoms. The molecule has 2 heteroatoms. The van der Waals surface area contributed by atoms with E-state index in [9.17, 15) is 0 Å². The minimum Gasteiger partial charge on any atom is -0.303 e. The summed E-state index contributed by atoms with van der Waals surface area (Å²) in [4.78, 5) is 2.43. The molecule has 1 aliphatic heterocycles. The van der Waals surface area contributed by atoms with Gasteiger partial charge in [0.05, 0.1) is 0 Å². The molecule has 0 saturated carbocycles. The molecule has 2 rings (SSSR count). The second-order valence-electron chi connectivity index (χ2n) is 3.70. The lowest BCUT2D eigenvalue weighted by Gasteiger charge is -2.13. The van der Waals surface area contributed by atoms with Crippen LogP contribution in [-0.4, -0.2) is 24.7 Å². The molecule has 70 valence electrons. The lowest BCUT2D eigenvalue weighted by Crippen LogP contribution is -2.21. The quantitative estimate of drug-likeness (QED) is 0.732. The van der Waals surface area contributed by atoms with Gasteiger partial charge < -0.3 is 5.32 Å². The first-order valence-corrected chi connectivity index (χ1v) is 4.83. The Kier molecular flexibility index (Phi) is 2.62. The molecular weight excluding hydrogens is 160 g/mol. The summed E-state index contributed by atoms with van der Waals surface area (Å²) in [5, 5.41) is 3.33. The maximum atomic E-state index is 3.33. The molecule has 0 amide bonds. The Hall–Kier alpha value is -0.860. The Labute approximate surface area is 79.6 Å². The lowest BCUT2D eigenvalue weighted by molar-refractivity contribution is 0.327. The van der Waals surface area contributed by atoms with Crippen LogP contribution in [0.15, 0.2) is 24.3 Å². The van der Waals surface area contributed by atoms with Gasteiger partial charge in [0, 0.05) is 26.3 Å². The van der Waals surface area contributed by atoms with Crippen LogP contribution in [0.5, 0.6) is 0 Å². The molecule has 1 aliphatic rings. The predicted molar refractivity (Wildman–Crippen MR) is 54.5 cm³/mol. The van der Waals surface area contributed by atoms with Crippen LogP contribution >= 0.6 is 0 Å². The molecule has 1 aromatic rings. The normalized spacial score (nSPS) is 17.9. The van der Waals surface area contributed by atoms with Crippen LogP contribution in [0.4, 0.5) is 0 Å². The van der Waals surface area contributed by atoms with E-state index < -0.39 is 0 Å². The zero-order valence-electron chi connectivity index (χ0n) is 8.09. The van der Waals surface area contributed by atoms with Crippen molar-refractivity contribution in [1.29, 1.82) is 0 Å². The molecule has 1 heterocycles. The minimum atomic E-state index is 1.04. The van der Waals surface area contributed by atoms with Crippen LogP contribution in [-0.2, 0) is 6.54 Å². The summed E-state index contributed by atoms with van der Waals surface area (Å²) < 4.78 is 0. The molecule has 1 aromatic carbocycles. The van der Waals surface area contributed by atoms with Crippen molar-refractivity contribution >= 4 is 0 Å². The lowest BCUT2D eigenvalue weighted by atomic mass is 10.1. The summed E-state index contributed by atoms with van der Waals surface area (Å²) in [5.41, 5.74) is 2.77. The summed E-state index contributed by atoms with van der Waals surface area (Å²) in [7, 11) is 0. The van der Waals surface area contributed by atoms with E-state index in [1.165, 1.54) is 17.7 Å². The number of hydrogen-bond donors (Lipinski definition) is 1. The summed E-state index contributed by atoms with van der Waals surface area (Å²) in [5.74, 6) is 0. The summed E-state index contributed by atoms with van der Waals surface area (Å²) in [6.07, 6.45) is 0. The van der Waals surface area contributed by atoms with Crippen molar-refractivity contribution in [3.63, 3.8) is 0 Å². The second-order valence-corrected chi connectivity index (χ2v) is 3.70. The molecule has 1 N–H and O–H groups in total.